The number of rotatable bonds is 6. The highest BCUT2D eigenvalue weighted by Crippen LogP contribution is 2.34. The summed E-state index contributed by atoms with van der Waals surface area (Å²) in [6.45, 7) is 3.78. The Bertz CT molecular complexity index is 819. The molecule has 0 aliphatic carbocycles. The predicted molar refractivity (Wildman–Crippen MR) is 97.0 cm³/mol. The second kappa shape index (κ2) is 8.70. The third kappa shape index (κ3) is 6.13. The number of aryl methyl sites for hydroxylation is 1. The van der Waals surface area contributed by atoms with Gasteiger partial charge in [0.15, 0.2) is 0 Å². The molecule has 2 aromatic rings. The number of carbonyl (C=O) groups is 2. The molecule has 2 aromatic carbocycles. The van der Waals surface area contributed by atoms with E-state index in [1.165, 1.54) is 30.0 Å². The highest BCUT2D eigenvalue weighted by atomic mass is 19.4. The molecule has 2 rings (SSSR count). The fraction of sp³-hybridized carbons (Fsp3) is 0.300. The molecule has 144 valence electrons. The minimum atomic E-state index is -4.56. The molecule has 0 aliphatic heterocycles. The number of anilines is 1. The Morgan fingerprint density at radius 1 is 1.07 bits per heavy atom. The Morgan fingerprint density at radius 3 is 2.41 bits per heavy atom. The van der Waals surface area contributed by atoms with E-state index < -0.39 is 17.6 Å². The van der Waals surface area contributed by atoms with Crippen molar-refractivity contribution < 1.29 is 22.8 Å². The van der Waals surface area contributed by atoms with Crippen LogP contribution in [0.2, 0.25) is 0 Å². The van der Waals surface area contributed by atoms with Crippen LogP contribution in [0.3, 0.4) is 0 Å². The minimum Gasteiger partial charge on any atom is -0.338 e. The van der Waals surface area contributed by atoms with Crippen molar-refractivity contribution in [2.24, 2.45) is 0 Å². The van der Waals surface area contributed by atoms with Crippen LogP contribution in [0.25, 0.3) is 0 Å². The molecule has 27 heavy (non-hydrogen) atoms. The summed E-state index contributed by atoms with van der Waals surface area (Å²) in [6.07, 6.45) is -4.65. The highest BCUT2D eigenvalue weighted by Gasteiger charge is 2.33. The summed E-state index contributed by atoms with van der Waals surface area (Å²) in [5, 5.41) is 2.29. The Labute approximate surface area is 156 Å². The van der Waals surface area contributed by atoms with Gasteiger partial charge in [-0.3, -0.25) is 9.59 Å². The van der Waals surface area contributed by atoms with Crippen LogP contribution >= 0.6 is 0 Å². The van der Waals surface area contributed by atoms with Crippen molar-refractivity contribution in [3.05, 3.63) is 65.2 Å². The number of amides is 2. The first-order valence-corrected chi connectivity index (χ1v) is 8.44. The second-order valence-electron chi connectivity index (χ2n) is 6.27. The summed E-state index contributed by atoms with van der Waals surface area (Å²) in [5.74, 6) is -0.790. The summed E-state index contributed by atoms with van der Waals surface area (Å²) >= 11 is 0. The average molecular weight is 378 g/mol. The van der Waals surface area contributed by atoms with Gasteiger partial charge < -0.3 is 10.2 Å². The Kier molecular flexibility index (Phi) is 6.60. The number of hydrogen-bond donors (Lipinski definition) is 1. The van der Waals surface area contributed by atoms with Gasteiger partial charge in [0.25, 0.3) is 0 Å². The van der Waals surface area contributed by atoms with Crippen molar-refractivity contribution in [3.63, 3.8) is 0 Å². The highest BCUT2D eigenvalue weighted by molar-refractivity contribution is 5.92. The van der Waals surface area contributed by atoms with E-state index >= 15 is 0 Å². The Hall–Kier alpha value is -2.83. The number of nitrogens with one attached hydrogen (secondary N) is 1. The van der Waals surface area contributed by atoms with E-state index in [0.717, 1.165) is 17.2 Å². The maximum atomic E-state index is 13.0. The molecule has 0 aromatic heterocycles. The quantitative estimate of drug-likeness (QED) is 0.810. The van der Waals surface area contributed by atoms with Crippen molar-refractivity contribution in [1.29, 1.82) is 0 Å². The molecule has 0 unspecified atom stereocenters. The van der Waals surface area contributed by atoms with E-state index in [4.69, 9.17) is 0 Å². The summed E-state index contributed by atoms with van der Waals surface area (Å²) in [5.41, 5.74) is 0.787. The van der Waals surface area contributed by atoms with Gasteiger partial charge in [-0.2, -0.15) is 13.2 Å². The van der Waals surface area contributed by atoms with Crippen LogP contribution in [0.1, 0.15) is 30.0 Å². The zero-order chi connectivity index (χ0) is 20.0. The number of carbonyl (C=O) groups excluding carboxylic acids is 2. The molecule has 0 radical (unpaired) electrons. The van der Waals surface area contributed by atoms with Crippen LogP contribution in [0.4, 0.5) is 18.9 Å². The van der Waals surface area contributed by atoms with Crippen LogP contribution < -0.4 is 5.32 Å². The first kappa shape index (κ1) is 20.5. The smallest absolute Gasteiger partial charge is 0.338 e. The largest absolute Gasteiger partial charge is 0.418 e. The third-order valence-electron chi connectivity index (χ3n) is 4.02. The molecular weight excluding hydrogens is 357 g/mol. The Morgan fingerprint density at radius 2 is 1.78 bits per heavy atom. The molecule has 0 heterocycles. The molecule has 1 N–H and O–H groups in total. The van der Waals surface area contributed by atoms with E-state index in [2.05, 4.69) is 5.32 Å². The molecule has 0 fully saturated rings. The van der Waals surface area contributed by atoms with E-state index in [-0.39, 0.29) is 24.6 Å². The molecule has 7 heteroatoms. The molecule has 0 spiro atoms. The summed E-state index contributed by atoms with van der Waals surface area (Å²) < 4.78 is 39.0. The van der Waals surface area contributed by atoms with Gasteiger partial charge in [-0.15, -0.1) is 0 Å². The lowest BCUT2D eigenvalue weighted by molar-refractivity contribution is -0.137. The van der Waals surface area contributed by atoms with Crippen LogP contribution in [0, 0.1) is 6.92 Å². The molecule has 4 nitrogen and oxygen atoms in total. The van der Waals surface area contributed by atoms with E-state index in [9.17, 15) is 22.8 Å². The Balaban J connectivity index is 2.00. The lowest BCUT2D eigenvalue weighted by Gasteiger charge is -2.21. The fourth-order valence-corrected chi connectivity index (χ4v) is 2.67. The van der Waals surface area contributed by atoms with Crippen molar-refractivity contribution in [3.8, 4) is 0 Å². The summed E-state index contributed by atoms with van der Waals surface area (Å²) in [6, 6.07) is 12.4. The van der Waals surface area contributed by atoms with Crippen LogP contribution in [-0.2, 0) is 22.3 Å². The molecule has 0 saturated carbocycles. The summed E-state index contributed by atoms with van der Waals surface area (Å²) in [7, 11) is 0. The lowest BCUT2D eigenvalue weighted by Crippen LogP contribution is -2.31. The number of hydrogen-bond acceptors (Lipinski definition) is 2. The number of benzene rings is 2. The van der Waals surface area contributed by atoms with Crippen LogP contribution in [0.5, 0.6) is 0 Å². The topological polar surface area (TPSA) is 49.4 Å². The molecular formula is C20H21F3N2O2. The number of nitrogens with zero attached hydrogens (tertiary/aromatic N) is 1. The molecule has 0 atom stereocenters. The van der Waals surface area contributed by atoms with Gasteiger partial charge in [-0.25, -0.2) is 0 Å². The monoisotopic (exact) mass is 378 g/mol. The van der Waals surface area contributed by atoms with Gasteiger partial charge in [-0.05, 0) is 24.6 Å². The SMILES string of the molecule is CC(=O)N(CCC(=O)Nc1ccccc1C(F)(F)F)Cc1cccc(C)c1. The number of alkyl halides is 3. The second-order valence-corrected chi connectivity index (χ2v) is 6.27. The van der Waals surface area contributed by atoms with E-state index in [1.54, 1.807) is 0 Å². The van der Waals surface area contributed by atoms with E-state index in [1.807, 2.05) is 31.2 Å². The van der Waals surface area contributed by atoms with Gasteiger partial charge >= 0.3 is 6.18 Å². The number of para-hydroxylation sites is 1. The fourth-order valence-electron chi connectivity index (χ4n) is 2.67. The van der Waals surface area contributed by atoms with Gasteiger partial charge in [0.05, 0.1) is 11.3 Å². The zero-order valence-corrected chi connectivity index (χ0v) is 15.1. The minimum absolute atomic E-state index is 0.0996. The summed E-state index contributed by atoms with van der Waals surface area (Å²) in [4.78, 5) is 25.4. The zero-order valence-electron chi connectivity index (χ0n) is 15.1. The van der Waals surface area contributed by atoms with Gasteiger partial charge in [0.2, 0.25) is 11.8 Å². The molecule has 0 bridgehead atoms. The van der Waals surface area contributed by atoms with Gasteiger partial charge in [-0.1, -0.05) is 42.0 Å². The van der Waals surface area contributed by atoms with Crippen LogP contribution in [0.15, 0.2) is 48.5 Å². The van der Waals surface area contributed by atoms with Gasteiger partial charge in [0, 0.05) is 26.4 Å². The van der Waals surface area contributed by atoms with Crippen molar-refractivity contribution in [2.45, 2.75) is 33.0 Å². The molecule has 0 aliphatic rings. The molecule has 0 saturated heterocycles. The molecule has 2 amide bonds. The predicted octanol–water partition coefficient (Wildman–Crippen LogP) is 4.39. The first-order chi connectivity index (χ1) is 12.7. The van der Waals surface area contributed by atoms with E-state index in [0.29, 0.717) is 6.54 Å². The van der Waals surface area contributed by atoms with Crippen LogP contribution in [-0.4, -0.2) is 23.3 Å². The standard InChI is InChI=1S/C20H21F3N2O2/c1-14-6-5-7-16(12-14)13-25(15(2)26)11-10-19(27)24-18-9-4-3-8-17(18)20(21,22)23/h3-9,12H,10-11,13H2,1-2H3,(H,24,27). The van der Waals surface area contributed by atoms with Crippen molar-refractivity contribution in [1.82, 2.24) is 4.90 Å². The first-order valence-electron chi connectivity index (χ1n) is 8.44. The number of halogens is 3. The van der Waals surface area contributed by atoms with Crippen molar-refractivity contribution >= 4 is 17.5 Å². The maximum Gasteiger partial charge on any atom is 0.418 e. The third-order valence-corrected chi connectivity index (χ3v) is 4.02. The maximum absolute atomic E-state index is 13.0. The lowest BCUT2D eigenvalue weighted by atomic mass is 10.1. The van der Waals surface area contributed by atoms with Gasteiger partial charge in [0.1, 0.15) is 0 Å². The van der Waals surface area contributed by atoms with Crippen molar-refractivity contribution in [2.75, 3.05) is 11.9 Å². The normalized spacial score (nSPS) is 11.1. The average Bonchev–Trinajstić information content (AvgIpc) is 2.58.